The second-order valence-electron chi connectivity index (χ2n) is 6.90. The zero-order valence-corrected chi connectivity index (χ0v) is 16.2. The van der Waals surface area contributed by atoms with Gasteiger partial charge < -0.3 is 18.1 Å². The maximum absolute atomic E-state index is 12.3. The largest absolute Gasteiger partial charge is 0.461 e. The van der Waals surface area contributed by atoms with Crippen LogP contribution in [0.15, 0.2) is 79.0 Å². The number of carbonyl (C=O) groups excluding carboxylic acids is 1. The first-order valence-corrected chi connectivity index (χ1v) is 9.64. The summed E-state index contributed by atoms with van der Waals surface area (Å²) in [6.07, 6.45) is 1.80. The molecule has 5 aromatic rings. The smallest absolute Gasteiger partial charge is 0.336 e. The van der Waals surface area contributed by atoms with Crippen LogP contribution >= 0.6 is 0 Å². The molecule has 2 aromatic carbocycles. The Labute approximate surface area is 175 Å². The molecule has 0 fully saturated rings. The summed E-state index contributed by atoms with van der Waals surface area (Å²) in [5.41, 5.74) is 0.549. The van der Waals surface area contributed by atoms with E-state index < -0.39 is 11.6 Å². The number of benzene rings is 2. The molecule has 3 aromatic heterocycles. The van der Waals surface area contributed by atoms with Crippen LogP contribution in [0, 0.1) is 0 Å². The standard InChI is InChI=1S/C23H16N2O6/c26-20(10-9-19-24-23(25-31-19)18-6-3-11-28-18)29-13-15-12-21(27)30-17-8-7-14-4-1-2-5-16(14)22(15)17/h1-8,11-12H,9-10,13H2. The molecule has 8 heteroatoms. The highest BCUT2D eigenvalue weighted by atomic mass is 16.5. The van der Waals surface area contributed by atoms with Crippen molar-refractivity contribution in [3.8, 4) is 11.6 Å². The van der Waals surface area contributed by atoms with E-state index in [1.54, 1.807) is 18.2 Å². The molecule has 0 aliphatic carbocycles. The predicted octanol–water partition coefficient (Wildman–Crippen LogP) is 4.27. The van der Waals surface area contributed by atoms with Gasteiger partial charge in [0.05, 0.1) is 12.7 Å². The number of ether oxygens (including phenoxy) is 1. The minimum atomic E-state index is -0.495. The summed E-state index contributed by atoms with van der Waals surface area (Å²) in [7, 11) is 0. The Morgan fingerprint density at radius 3 is 2.84 bits per heavy atom. The van der Waals surface area contributed by atoms with Crippen LogP contribution in [0.2, 0.25) is 0 Å². The van der Waals surface area contributed by atoms with E-state index >= 15 is 0 Å². The predicted molar refractivity (Wildman–Crippen MR) is 110 cm³/mol. The first kappa shape index (κ1) is 18.8. The van der Waals surface area contributed by atoms with Gasteiger partial charge in [0, 0.05) is 23.4 Å². The molecular formula is C23H16N2O6. The highest BCUT2D eigenvalue weighted by molar-refractivity contribution is 6.07. The lowest BCUT2D eigenvalue weighted by molar-refractivity contribution is -0.145. The lowest BCUT2D eigenvalue weighted by Crippen LogP contribution is -2.08. The fourth-order valence-corrected chi connectivity index (χ4v) is 3.44. The number of aryl methyl sites for hydroxylation is 1. The second-order valence-corrected chi connectivity index (χ2v) is 6.90. The van der Waals surface area contributed by atoms with Gasteiger partial charge in [-0.3, -0.25) is 4.79 Å². The van der Waals surface area contributed by atoms with Crippen molar-refractivity contribution in [1.82, 2.24) is 10.1 Å². The quantitative estimate of drug-likeness (QED) is 0.229. The van der Waals surface area contributed by atoms with Gasteiger partial charge in [0.2, 0.25) is 11.7 Å². The van der Waals surface area contributed by atoms with Crippen LogP contribution in [0.4, 0.5) is 0 Å². The van der Waals surface area contributed by atoms with Crippen LogP contribution in [0.3, 0.4) is 0 Å². The SMILES string of the molecule is O=C(CCc1nc(-c2ccco2)no1)OCc1cc(=O)oc2ccc3ccccc3c12. The number of esters is 1. The first-order valence-electron chi connectivity index (χ1n) is 9.64. The summed E-state index contributed by atoms with van der Waals surface area (Å²) < 4.78 is 21.1. The molecule has 0 unspecified atom stereocenters. The molecule has 154 valence electrons. The Morgan fingerprint density at radius 2 is 1.97 bits per heavy atom. The molecule has 0 saturated carbocycles. The van der Waals surface area contributed by atoms with Gasteiger partial charge in [-0.05, 0) is 29.0 Å². The molecule has 0 N–H and O–H groups in total. The maximum Gasteiger partial charge on any atom is 0.336 e. The molecule has 0 aliphatic heterocycles. The summed E-state index contributed by atoms with van der Waals surface area (Å²) in [5, 5.41) is 6.50. The van der Waals surface area contributed by atoms with Gasteiger partial charge in [0.1, 0.15) is 12.2 Å². The van der Waals surface area contributed by atoms with E-state index in [4.69, 9.17) is 18.1 Å². The number of carbonyl (C=O) groups is 1. The molecule has 31 heavy (non-hydrogen) atoms. The Hall–Kier alpha value is -4.20. The molecule has 0 atom stereocenters. The molecule has 0 aliphatic rings. The van der Waals surface area contributed by atoms with Gasteiger partial charge in [-0.1, -0.05) is 35.5 Å². The van der Waals surface area contributed by atoms with E-state index in [0.29, 0.717) is 28.6 Å². The zero-order valence-electron chi connectivity index (χ0n) is 16.2. The topological polar surface area (TPSA) is 109 Å². The second kappa shape index (κ2) is 7.91. The highest BCUT2D eigenvalue weighted by Gasteiger charge is 2.15. The number of hydrogen-bond donors (Lipinski definition) is 0. The first-order chi connectivity index (χ1) is 15.2. The van der Waals surface area contributed by atoms with Crippen molar-refractivity contribution in [2.75, 3.05) is 0 Å². The van der Waals surface area contributed by atoms with Gasteiger partial charge in [-0.15, -0.1) is 0 Å². The monoisotopic (exact) mass is 416 g/mol. The normalized spacial score (nSPS) is 11.2. The van der Waals surface area contributed by atoms with Gasteiger partial charge in [-0.2, -0.15) is 4.98 Å². The zero-order chi connectivity index (χ0) is 21.2. The van der Waals surface area contributed by atoms with Crippen molar-refractivity contribution in [2.24, 2.45) is 0 Å². The third kappa shape index (κ3) is 3.83. The minimum absolute atomic E-state index is 0.0452. The van der Waals surface area contributed by atoms with Crippen molar-refractivity contribution >= 4 is 27.7 Å². The van der Waals surface area contributed by atoms with Crippen LogP contribution in [-0.2, 0) is 22.6 Å². The summed E-state index contributed by atoms with van der Waals surface area (Å²) >= 11 is 0. The van der Waals surface area contributed by atoms with Crippen molar-refractivity contribution in [1.29, 1.82) is 0 Å². The van der Waals surface area contributed by atoms with E-state index in [1.807, 2.05) is 30.3 Å². The fourth-order valence-electron chi connectivity index (χ4n) is 3.44. The number of hydrogen-bond acceptors (Lipinski definition) is 8. The third-order valence-electron chi connectivity index (χ3n) is 4.86. The summed E-state index contributed by atoms with van der Waals surface area (Å²) in [4.78, 5) is 28.4. The van der Waals surface area contributed by atoms with E-state index in [2.05, 4.69) is 10.1 Å². The lowest BCUT2D eigenvalue weighted by atomic mass is 10.0. The third-order valence-corrected chi connectivity index (χ3v) is 4.86. The van der Waals surface area contributed by atoms with Crippen molar-refractivity contribution in [2.45, 2.75) is 19.4 Å². The Bertz CT molecular complexity index is 1430. The van der Waals surface area contributed by atoms with Gasteiger partial charge in [0.25, 0.3) is 0 Å². The van der Waals surface area contributed by atoms with Crippen LogP contribution < -0.4 is 5.63 Å². The van der Waals surface area contributed by atoms with Gasteiger partial charge in [0.15, 0.2) is 5.76 Å². The molecule has 3 heterocycles. The Balaban J connectivity index is 1.30. The molecule has 0 saturated heterocycles. The number of nitrogens with zero attached hydrogens (tertiary/aromatic N) is 2. The van der Waals surface area contributed by atoms with Gasteiger partial charge in [-0.25, -0.2) is 4.79 Å². The van der Waals surface area contributed by atoms with Crippen LogP contribution in [0.25, 0.3) is 33.3 Å². The maximum atomic E-state index is 12.3. The summed E-state index contributed by atoms with van der Waals surface area (Å²) in [6.45, 7) is -0.0452. The van der Waals surface area contributed by atoms with E-state index in [1.165, 1.54) is 12.3 Å². The highest BCUT2D eigenvalue weighted by Crippen LogP contribution is 2.27. The van der Waals surface area contributed by atoms with Crippen molar-refractivity contribution in [3.63, 3.8) is 0 Å². The minimum Gasteiger partial charge on any atom is -0.461 e. The molecular weight excluding hydrogens is 400 g/mol. The summed E-state index contributed by atoms with van der Waals surface area (Å²) in [5.74, 6) is 0.668. The molecule has 0 radical (unpaired) electrons. The average molecular weight is 416 g/mol. The van der Waals surface area contributed by atoms with Crippen LogP contribution in [0.5, 0.6) is 0 Å². The molecule has 0 spiro atoms. The van der Waals surface area contributed by atoms with Crippen molar-refractivity contribution in [3.05, 3.63) is 82.7 Å². The Kier molecular flexibility index (Phi) is 4.80. The van der Waals surface area contributed by atoms with Crippen LogP contribution in [0.1, 0.15) is 17.9 Å². The van der Waals surface area contributed by atoms with Crippen molar-refractivity contribution < 1.29 is 22.9 Å². The van der Waals surface area contributed by atoms with Crippen LogP contribution in [-0.4, -0.2) is 16.1 Å². The van der Waals surface area contributed by atoms with Gasteiger partial charge >= 0.3 is 11.6 Å². The van der Waals surface area contributed by atoms with E-state index in [9.17, 15) is 9.59 Å². The lowest BCUT2D eigenvalue weighted by Gasteiger charge is -2.09. The number of furan rings is 1. The number of rotatable bonds is 6. The fraction of sp³-hybridized carbons (Fsp3) is 0.130. The van der Waals surface area contributed by atoms with E-state index in [-0.39, 0.29) is 19.4 Å². The average Bonchev–Trinajstić information content (AvgIpc) is 3.47. The molecule has 5 rings (SSSR count). The Morgan fingerprint density at radius 1 is 1.06 bits per heavy atom. The number of aromatic nitrogens is 2. The number of fused-ring (bicyclic) bond motifs is 3. The molecule has 8 nitrogen and oxygen atoms in total. The summed E-state index contributed by atoms with van der Waals surface area (Å²) in [6, 6.07) is 16.2. The molecule has 0 amide bonds. The van der Waals surface area contributed by atoms with E-state index in [0.717, 1.165) is 16.2 Å². The molecule has 0 bridgehead atoms.